The van der Waals surface area contributed by atoms with E-state index < -0.39 is 0 Å². The highest BCUT2D eigenvalue weighted by Crippen LogP contribution is 2.22. The second-order valence-corrected chi connectivity index (χ2v) is 7.49. The molecule has 1 amide bonds. The van der Waals surface area contributed by atoms with E-state index >= 15 is 0 Å². The number of fused-ring (bicyclic) bond motifs is 1. The number of furan rings is 1. The highest BCUT2D eigenvalue weighted by Gasteiger charge is 2.25. The summed E-state index contributed by atoms with van der Waals surface area (Å²) in [5.41, 5.74) is 3.92. The van der Waals surface area contributed by atoms with Gasteiger partial charge in [-0.05, 0) is 36.1 Å². The van der Waals surface area contributed by atoms with Crippen LogP contribution >= 0.6 is 0 Å². The standard InChI is InChI=1S/C23H29N5O2/c1-3-17-6-4-7-19-18(16-26-21(17)19)9-10-25-23(24-2)28-13-11-27(12-14-28)22(29)20-8-5-15-30-20/h4-8,15-16,26H,3,9-14H2,1-2H3,(H,24,25). The number of aromatic amines is 1. The zero-order chi connectivity index (χ0) is 20.9. The largest absolute Gasteiger partial charge is 0.459 e. The van der Waals surface area contributed by atoms with Crippen molar-refractivity contribution in [3.63, 3.8) is 0 Å². The van der Waals surface area contributed by atoms with Crippen molar-refractivity contribution in [1.29, 1.82) is 0 Å². The number of H-pyrrole nitrogens is 1. The predicted octanol–water partition coefficient (Wildman–Crippen LogP) is 2.90. The first-order valence-electron chi connectivity index (χ1n) is 10.6. The van der Waals surface area contributed by atoms with E-state index in [1.54, 1.807) is 12.1 Å². The third-order valence-corrected chi connectivity index (χ3v) is 5.76. The molecule has 30 heavy (non-hydrogen) atoms. The Morgan fingerprint density at radius 2 is 1.93 bits per heavy atom. The summed E-state index contributed by atoms with van der Waals surface area (Å²) >= 11 is 0. The summed E-state index contributed by atoms with van der Waals surface area (Å²) in [6, 6.07) is 9.95. The Morgan fingerprint density at radius 3 is 2.63 bits per heavy atom. The smallest absolute Gasteiger partial charge is 0.289 e. The number of rotatable bonds is 5. The minimum absolute atomic E-state index is 0.0478. The average Bonchev–Trinajstić information content (AvgIpc) is 3.47. The van der Waals surface area contributed by atoms with Gasteiger partial charge >= 0.3 is 0 Å². The predicted molar refractivity (Wildman–Crippen MR) is 119 cm³/mol. The average molecular weight is 408 g/mol. The topological polar surface area (TPSA) is 76.9 Å². The Morgan fingerprint density at radius 1 is 1.13 bits per heavy atom. The van der Waals surface area contributed by atoms with Gasteiger partial charge in [0, 0.05) is 56.9 Å². The van der Waals surface area contributed by atoms with Crippen LogP contribution in [-0.2, 0) is 12.8 Å². The lowest BCUT2D eigenvalue weighted by Crippen LogP contribution is -2.53. The van der Waals surface area contributed by atoms with Gasteiger partial charge in [-0.2, -0.15) is 0 Å². The number of benzene rings is 1. The lowest BCUT2D eigenvalue weighted by atomic mass is 10.1. The molecule has 0 spiro atoms. The molecule has 1 saturated heterocycles. The molecule has 2 N–H and O–H groups in total. The third kappa shape index (κ3) is 4.06. The van der Waals surface area contributed by atoms with E-state index in [2.05, 4.69) is 51.5 Å². The normalized spacial score (nSPS) is 15.1. The Kier molecular flexibility index (Phi) is 6.07. The minimum Gasteiger partial charge on any atom is -0.459 e. The molecule has 1 aromatic carbocycles. The molecule has 1 aliphatic heterocycles. The first-order valence-corrected chi connectivity index (χ1v) is 10.6. The molecule has 0 radical (unpaired) electrons. The van der Waals surface area contributed by atoms with Crippen molar-refractivity contribution in [2.24, 2.45) is 4.99 Å². The third-order valence-electron chi connectivity index (χ3n) is 5.76. The minimum atomic E-state index is -0.0478. The van der Waals surface area contributed by atoms with E-state index in [1.807, 2.05) is 11.9 Å². The van der Waals surface area contributed by atoms with Crippen molar-refractivity contribution in [2.45, 2.75) is 19.8 Å². The number of carbonyl (C=O) groups is 1. The van der Waals surface area contributed by atoms with Crippen molar-refractivity contribution in [2.75, 3.05) is 39.8 Å². The number of hydrogen-bond donors (Lipinski definition) is 2. The van der Waals surface area contributed by atoms with Crippen LogP contribution in [0.25, 0.3) is 10.9 Å². The van der Waals surface area contributed by atoms with Gasteiger partial charge < -0.3 is 24.5 Å². The van der Waals surface area contributed by atoms with Gasteiger partial charge in [-0.3, -0.25) is 9.79 Å². The molecule has 7 heteroatoms. The van der Waals surface area contributed by atoms with Crippen molar-refractivity contribution >= 4 is 22.8 Å². The molecule has 1 fully saturated rings. The van der Waals surface area contributed by atoms with Crippen LogP contribution in [0.2, 0.25) is 0 Å². The van der Waals surface area contributed by atoms with Gasteiger partial charge in [-0.15, -0.1) is 0 Å². The number of hydrogen-bond acceptors (Lipinski definition) is 3. The van der Waals surface area contributed by atoms with Crippen molar-refractivity contribution in [3.05, 3.63) is 59.7 Å². The number of carbonyl (C=O) groups excluding carboxylic acids is 1. The van der Waals surface area contributed by atoms with Gasteiger partial charge in [-0.25, -0.2) is 0 Å². The summed E-state index contributed by atoms with van der Waals surface area (Å²) in [5, 5.41) is 4.78. The Bertz CT molecular complexity index is 1010. The van der Waals surface area contributed by atoms with Crippen molar-refractivity contribution < 1.29 is 9.21 Å². The quantitative estimate of drug-likeness (QED) is 0.504. The number of para-hydroxylation sites is 1. The van der Waals surface area contributed by atoms with Crippen LogP contribution in [0.4, 0.5) is 0 Å². The second kappa shape index (κ2) is 9.07. The molecule has 0 aliphatic carbocycles. The highest BCUT2D eigenvalue weighted by atomic mass is 16.3. The van der Waals surface area contributed by atoms with Crippen LogP contribution in [0.3, 0.4) is 0 Å². The molecule has 3 aromatic rings. The fourth-order valence-electron chi connectivity index (χ4n) is 4.10. The number of piperazine rings is 1. The molecule has 0 bridgehead atoms. The summed E-state index contributed by atoms with van der Waals surface area (Å²) in [6.45, 7) is 5.80. The molecule has 1 aliphatic rings. The summed E-state index contributed by atoms with van der Waals surface area (Å²) in [7, 11) is 1.81. The zero-order valence-corrected chi connectivity index (χ0v) is 17.6. The Labute approximate surface area is 176 Å². The van der Waals surface area contributed by atoms with E-state index in [9.17, 15) is 4.79 Å². The fraction of sp³-hybridized carbons (Fsp3) is 0.391. The molecule has 0 unspecified atom stereocenters. The van der Waals surface area contributed by atoms with E-state index in [4.69, 9.17) is 4.42 Å². The molecule has 7 nitrogen and oxygen atoms in total. The maximum absolute atomic E-state index is 12.4. The maximum Gasteiger partial charge on any atom is 0.289 e. The lowest BCUT2D eigenvalue weighted by molar-refractivity contribution is 0.0658. The SMILES string of the molecule is CCc1cccc2c(CCNC(=NC)N3CCN(C(=O)c4ccco4)CC3)c[nH]c12. The number of nitrogens with one attached hydrogen (secondary N) is 2. The molecule has 158 valence electrons. The molecular formula is C23H29N5O2. The number of nitrogens with zero attached hydrogens (tertiary/aromatic N) is 3. The zero-order valence-electron chi connectivity index (χ0n) is 17.6. The van der Waals surface area contributed by atoms with Crippen LogP contribution in [0.15, 0.2) is 52.2 Å². The summed E-state index contributed by atoms with van der Waals surface area (Å²) in [5.74, 6) is 1.23. The van der Waals surface area contributed by atoms with Crippen LogP contribution in [-0.4, -0.2) is 66.4 Å². The number of guanidine groups is 1. The number of aromatic nitrogens is 1. The van der Waals surface area contributed by atoms with E-state index in [1.165, 1.54) is 28.3 Å². The summed E-state index contributed by atoms with van der Waals surface area (Å²) in [6.07, 6.45) is 5.60. The fourth-order valence-corrected chi connectivity index (χ4v) is 4.10. The van der Waals surface area contributed by atoms with Crippen LogP contribution in [0.1, 0.15) is 28.6 Å². The number of amides is 1. The second-order valence-electron chi connectivity index (χ2n) is 7.49. The maximum atomic E-state index is 12.4. The van der Waals surface area contributed by atoms with Gasteiger partial charge in [0.05, 0.1) is 6.26 Å². The molecular weight excluding hydrogens is 378 g/mol. The Balaban J connectivity index is 1.30. The highest BCUT2D eigenvalue weighted by molar-refractivity contribution is 5.91. The number of aliphatic imine (C=N–C) groups is 1. The van der Waals surface area contributed by atoms with Crippen LogP contribution < -0.4 is 5.32 Å². The monoisotopic (exact) mass is 407 g/mol. The van der Waals surface area contributed by atoms with Crippen LogP contribution in [0, 0.1) is 0 Å². The molecule has 3 heterocycles. The first kappa shape index (κ1) is 20.1. The summed E-state index contributed by atoms with van der Waals surface area (Å²) in [4.78, 5) is 24.3. The van der Waals surface area contributed by atoms with E-state index in [-0.39, 0.29) is 5.91 Å². The van der Waals surface area contributed by atoms with Gasteiger partial charge in [0.2, 0.25) is 0 Å². The van der Waals surface area contributed by atoms with Gasteiger partial charge in [0.1, 0.15) is 0 Å². The molecule has 4 rings (SSSR count). The summed E-state index contributed by atoms with van der Waals surface area (Å²) < 4.78 is 5.23. The van der Waals surface area contributed by atoms with Crippen molar-refractivity contribution in [3.8, 4) is 0 Å². The van der Waals surface area contributed by atoms with E-state index in [0.717, 1.165) is 38.4 Å². The van der Waals surface area contributed by atoms with E-state index in [0.29, 0.717) is 18.8 Å². The van der Waals surface area contributed by atoms with Crippen molar-refractivity contribution in [1.82, 2.24) is 20.1 Å². The molecule has 0 atom stereocenters. The Hall–Kier alpha value is -3.22. The van der Waals surface area contributed by atoms with Gasteiger partial charge in [-0.1, -0.05) is 25.1 Å². The van der Waals surface area contributed by atoms with Gasteiger partial charge in [0.15, 0.2) is 11.7 Å². The van der Waals surface area contributed by atoms with Crippen LogP contribution in [0.5, 0.6) is 0 Å². The van der Waals surface area contributed by atoms with Gasteiger partial charge in [0.25, 0.3) is 5.91 Å². The lowest BCUT2D eigenvalue weighted by Gasteiger charge is -2.36. The number of aryl methyl sites for hydroxylation is 1. The first-order chi connectivity index (χ1) is 14.7. The molecule has 0 saturated carbocycles. The molecule has 2 aromatic heterocycles.